The highest BCUT2D eigenvalue weighted by atomic mass is 35.5. The zero-order valence-corrected chi connectivity index (χ0v) is 25.5. The number of alkyl halides is 2. The predicted molar refractivity (Wildman–Crippen MR) is 164 cm³/mol. The van der Waals surface area contributed by atoms with Crippen LogP contribution in [0.1, 0.15) is 109 Å². The zero-order chi connectivity index (χ0) is 27.4. The van der Waals surface area contributed by atoms with Crippen molar-refractivity contribution in [3.63, 3.8) is 0 Å². The molecule has 0 N–H and O–H groups in total. The van der Waals surface area contributed by atoms with Crippen molar-refractivity contribution in [2.24, 2.45) is 7.05 Å². The Hall–Kier alpha value is -1.46. The van der Waals surface area contributed by atoms with Gasteiger partial charge in [-0.1, -0.05) is 84.0 Å². The van der Waals surface area contributed by atoms with Crippen LogP contribution >= 0.6 is 23.2 Å². The summed E-state index contributed by atoms with van der Waals surface area (Å²) in [6.07, 6.45) is 19.1. The number of unbranched alkanes of at least 4 members (excludes halogenated alkanes) is 12. The van der Waals surface area contributed by atoms with Gasteiger partial charge in [0.1, 0.15) is 5.82 Å². The number of hydrogen-bond donors (Lipinski definition) is 0. The van der Waals surface area contributed by atoms with E-state index in [0.29, 0.717) is 24.8 Å². The van der Waals surface area contributed by atoms with E-state index in [-0.39, 0.29) is 5.97 Å². The Balaban J connectivity index is 1.56. The van der Waals surface area contributed by atoms with Crippen LogP contribution in [0, 0.1) is 0 Å². The van der Waals surface area contributed by atoms with Crippen LogP contribution in [0.25, 0.3) is 11.0 Å². The van der Waals surface area contributed by atoms with Gasteiger partial charge in [0.25, 0.3) is 0 Å². The largest absolute Gasteiger partial charge is 0.466 e. The van der Waals surface area contributed by atoms with Crippen molar-refractivity contribution in [1.82, 2.24) is 9.55 Å². The van der Waals surface area contributed by atoms with Gasteiger partial charge in [-0.2, -0.15) is 0 Å². The molecule has 1 aromatic carbocycles. The van der Waals surface area contributed by atoms with Crippen LogP contribution in [-0.2, 0) is 23.0 Å². The SMILES string of the molecule is CCCCCCCCCCCCCCCOC(=O)CCCc1nc2cc(N(CCCl)CCCl)ccc2n1C. The molecular weight excluding hydrogens is 517 g/mol. The minimum Gasteiger partial charge on any atom is -0.466 e. The molecule has 2 aromatic rings. The summed E-state index contributed by atoms with van der Waals surface area (Å²) in [5.41, 5.74) is 3.13. The summed E-state index contributed by atoms with van der Waals surface area (Å²) in [5, 5.41) is 0. The highest BCUT2D eigenvalue weighted by molar-refractivity contribution is 6.18. The number of carbonyl (C=O) groups excluding carboxylic acids is 1. The van der Waals surface area contributed by atoms with E-state index in [1.165, 1.54) is 70.6 Å². The average molecular weight is 569 g/mol. The van der Waals surface area contributed by atoms with Crippen LogP contribution in [0.4, 0.5) is 5.69 Å². The van der Waals surface area contributed by atoms with Gasteiger partial charge in [-0.05, 0) is 31.0 Å². The Morgan fingerprint density at radius 1 is 0.868 bits per heavy atom. The van der Waals surface area contributed by atoms with Crippen molar-refractivity contribution in [3.05, 3.63) is 24.0 Å². The predicted octanol–water partition coefficient (Wildman–Crippen LogP) is 8.81. The Bertz CT molecular complexity index is 897. The van der Waals surface area contributed by atoms with Gasteiger partial charge in [0.05, 0.1) is 17.6 Å². The lowest BCUT2D eigenvalue weighted by atomic mass is 10.0. The van der Waals surface area contributed by atoms with E-state index in [0.717, 1.165) is 61.3 Å². The maximum atomic E-state index is 12.2. The number of fused-ring (bicyclic) bond motifs is 1. The van der Waals surface area contributed by atoms with Gasteiger partial charge in [-0.3, -0.25) is 4.79 Å². The Kier molecular flexibility index (Phi) is 17.6. The number of nitrogens with zero attached hydrogens (tertiary/aromatic N) is 3. The number of ether oxygens (including phenoxy) is 1. The van der Waals surface area contributed by atoms with Crippen LogP contribution in [0.3, 0.4) is 0 Å². The van der Waals surface area contributed by atoms with E-state index in [1.54, 1.807) is 0 Å². The third kappa shape index (κ3) is 12.6. The quantitative estimate of drug-likeness (QED) is 0.0764. The van der Waals surface area contributed by atoms with Crippen molar-refractivity contribution in [2.45, 2.75) is 110 Å². The first-order valence-electron chi connectivity index (χ1n) is 15.1. The van der Waals surface area contributed by atoms with Crippen LogP contribution in [0.5, 0.6) is 0 Å². The molecule has 0 unspecified atom stereocenters. The van der Waals surface area contributed by atoms with Gasteiger partial charge in [0.15, 0.2) is 0 Å². The van der Waals surface area contributed by atoms with E-state index >= 15 is 0 Å². The molecule has 0 saturated carbocycles. The van der Waals surface area contributed by atoms with Gasteiger partial charge in [-0.25, -0.2) is 4.98 Å². The Morgan fingerprint density at radius 2 is 1.45 bits per heavy atom. The number of hydrogen-bond acceptors (Lipinski definition) is 4. The molecule has 0 bridgehead atoms. The van der Waals surface area contributed by atoms with Crippen molar-refractivity contribution < 1.29 is 9.53 Å². The molecule has 0 aliphatic carbocycles. The molecule has 0 saturated heterocycles. The normalized spacial score (nSPS) is 11.4. The maximum absolute atomic E-state index is 12.2. The topological polar surface area (TPSA) is 47.4 Å². The number of aryl methyl sites for hydroxylation is 2. The van der Waals surface area contributed by atoms with E-state index in [2.05, 4.69) is 34.6 Å². The van der Waals surface area contributed by atoms with Gasteiger partial charge in [-0.15, -0.1) is 23.2 Å². The lowest BCUT2D eigenvalue weighted by molar-refractivity contribution is -0.143. The maximum Gasteiger partial charge on any atom is 0.305 e. The van der Waals surface area contributed by atoms with Crippen molar-refractivity contribution >= 4 is 45.9 Å². The first-order chi connectivity index (χ1) is 18.6. The highest BCUT2D eigenvalue weighted by Crippen LogP contribution is 2.23. The second-order valence-corrected chi connectivity index (χ2v) is 11.2. The summed E-state index contributed by atoms with van der Waals surface area (Å²) >= 11 is 11.9. The fourth-order valence-electron chi connectivity index (χ4n) is 5.00. The molecule has 5 nitrogen and oxygen atoms in total. The third-order valence-electron chi connectivity index (χ3n) is 7.32. The fraction of sp³-hybridized carbons (Fsp3) is 0.742. The fourth-order valence-corrected chi connectivity index (χ4v) is 5.41. The van der Waals surface area contributed by atoms with Gasteiger partial charge in [0.2, 0.25) is 0 Å². The van der Waals surface area contributed by atoms with Crippen LogP contribution < -0.4 is 4.90 Å². The summed E-state index contributed by atoms with van der Waals surface area (Å²) in [7, 11) is 2.03. The first kappa shape index (κ1) is 32.8. The molecule has 216 valence electrons. The van der Waals surface area contributed by atoms with Crippen molar-refractivity contribution in [3.8, 4) is 0 Å². The highest BCUT2D eigenvalue weighted by Gasteiger charge is 2.12. The Morgan fingerprint density at radius 3 is 2.03 bits per heavy atom. The number of benzene rings is 1. The van der Waals surface area contributed by atoms with Crippen molar-refractivity contribution in [1.29, 1.82) is 0 Å². The van der Waals surface area contributed by atoms with Crippen LogP contribution in [0.15, 0.2) is 18.2 Å². The van der Waals surface area contributed by atoms with Crippen LogP contribution in [0.2, 0.25) is 0 Å². The number of carbonyl (C=O) groups is 1. The Labute approximate surface area is 241 Å². The third-order valence-corrected chi connectivity index (χ3v) is 7.66. The smallest absolute Gasteiger partial charge is 0.305 e. The summed E-state index contributed by atoms with van der Waals surface area (Å²) in [6, 6.07) is 6.29. The molecule has 1 heterocycles. The van der Waals surface area contributed by atoms with E-state index < -0.39 is 0 Å². The average Bonchev–Trinajstić information content (AvgIpc) is 3.23. The van der Waals surface area contributed by atoms with E-state index in [1.807, 2.05) is 7.05 Å². The molecule has 0 fully saturated rings. The van der Waals surface area contributed by atoms with Gasteiger partial charge in [0, 0.05) is 50.4 Å². The van der Waals surface area contributed by atoms with E-state index in [4.69, 9.17) is 32.9 Å². The standard InChI is InChI=1S/C31H51Cl2N3O2/c1-3-4-5-6-7-8-9-10-11-12-13-14-15-25-38-31(37)18-16-17-30-34-28-26-27(19-20-29(28)35(30)2)36(23-21-32)24-22-33/h19-20,26H,3-18,21-25H2,1-2H3. The number of halogens is 2. The van der Waals surface area contributed by atoms with Gasteiger partial charge >= 0.3 is 5.97 Å². The summed E-state index contributed by atoms with van der Waals surface area (Å²) < 4.78 is 7.58. The molecule has 38 heavy (non-hydrogen) atoms. The molecule has 0 atom stereocenters. The second kappa shape index (κ2) is 20.4. The molecule has 0 radical (unpaired) electrons. The van der Waals surface area contributed by atoms with Gasteiger partial charge < -0.3 is 14.2 Å². The zero-order valence-electron chi connectivity index (χ0n) is 24.0. The molecule has 1 aromatic heterocycles. The lowest BCUT2D eigenvalue weighted by Gasteiger charge is -2.22. The number of esters is 1. The van der Waals surface area contributed by atoms with E-state index in [9.17, 15) is 4.79 Å². The second-order valence-electron chi connectivity index (χ2n) is 10.4. The molecule has 0 aliphatic rings. The summed E-state index contributed by atoms with van der Waals surface area (Å²) in [6.45, 7) is 4.32. The minimum absolute atomic E-state index is 0.0947. The molecule has 7 heteroatoms. The number of anilines is 1. The molecule has 0 aliphatic heterocycles. The molecule has 0 spiro atoms. The summed E-state index contributed by atoms with van der Waals surface area (Å²) in [5.74, 6) is 2.00. The molecule has 2 rings (SSSR count). The number of aromatic nitrogens is 2. The molecular formula is C31H51Cl2N3O2. The van der Waals surface area contributed by atoms with Crippen LogP contribution in [-0.4, -0.2) is 47.0 Å². The summed E-state index contributed by atoms with van der Waals surface area (Å²) in [4.78, 5) is 19.2. The molecule has 0 amide bonds. The first-order valence-corrected chi connectivity index (χ1v) is 16.2. The number of imidazole rings is 1. The lowest BCUT2D eigenvalue weighted by Crippen LogP contribution is -2.27. The minimum atomic E-state index is -0.0947. The monoisotopic (exact) mass is 567 g/mol. The van der Waals surface area contributed by atoms with Crippen molar-refractivity contribution in [2.75, 3.05) is 36.4 Å². The number of rotatable bonds is 23.